The van der Waals surface area contributed by atoms with Gasteiger partial charge in [0, 0.05) is 11.4 Å². The molecule has 1 aliphatic carbocycles. The van der Waals surface area contributed by atoms with Gasteiger partial charge in [0.25, 0.3) is 0 Å². The normalized spacial score (nSPS) is 11.9. The van der Waals surface area contributed by atoms with Gasteiger partial charge in [-0.2, -0.15) is 0 Å². The van der Waals surface area contributed by atoms with Gasteiger partial charge in [-0.3, -0.25) is 4.79 Å². The Kier molecular flexibility index (Phi) is 10.1. The molecule has 0 fully saturated rings. The number of nitrogen functional groups attached to an aromatic ring is 2. The first-order valence-corrected chi connectivity index (χ1v) is 9.82. The minimum atomic E-state index is -0.00212. The largest absolute Gasteiger partial charge is 0.399 e. The first kappa shape index (κ1) is 23.0. The highest BCUT2D eigenvalue weighted by atomic mass is 16.1. The van der Waals surface area contributed by atoms with Gasteiger partial charge in [-0.05, 0) is 58.7 Å². The summed E-state index contributed by atoms with van der Waals surface area (Å²) < 4.78 is 0. The predicted molar refractivity (Wildman–Crippen MR) is 123 cm³/mol. The van der Waals surface area contributed by atoms with Crippen LogP contribution in [0, 0.1) is 0 Å². The summed E-state index contributed by atoms with van der Waals surface area (Å²) in [6.07, 6.45) is 9.32. The van der Waals surface area contributed by atoms with Crippen molar-refractivity contribution < 1.29 is 4.79 Å². The van der Waals surface area contributed by atoms with Crippen molar-refractivity contribution in [2.75, 3.05) is 11.5 Å². The van der Waals surface area contributed by atoms with Crippen LogP contribution in [-0.4, -0.2) is 5.78 Å². The van der Waals surface area contributed by atoms with Gasteiger partial charge in [0.1, 0.15) is 0 Å². The molecule has 2 aromatic carbocycles. The monoisotopic (exact) mass is 376 g/mol. The van der Waals surface area contributed by atoms with Crippen molar-refractivity contribution in [3.05, 3.63) is 89.5 Å². The average Bonchev–Trinajstić information content (AvgIpc) is 2.68. The van der Waals surface area contributed by atoms with Gasteiger partial charge < -0.3 is 11.5 Å². The second-order valence-electron chi connectivity index (χ2n) is 6.56. The smallest absolute Gasteiger partial charge is 0.178 e. The Morgan fingerprint density at radius 1 is 0.643 bits per heavy atom. The number of hydrogen-bond acceptors (Lipinski definition) is 3. The van der Waals surface area contributed by atoms with E-state index >= 15 is 0 Å². The van der Waals surface area contributed by atoms with Gasteiger partial charge in [0.2, 0.25) is 0 Å². The van der Waals surface area contributed by atoms with Gasteiger partial charge in [0.05, 0.1) is 0 Å². The molecule has 4 N–H and O–H groups in total. The first-order chi connectivity index (χ1) is 13.5. The standard InChI is InChI=1S/C19H16N2O.2C3H8/c20-16-7-1-13(2-8-16)19(14-3-9-17(21)10-4-14)15-5-11-18(22)12-6-15;2*1-3-2/h1-12H,20-21H2;2*3H2,1-2H3. The van der Waals surface area contributed by atoms with E-state index in [2.05, 4.69) is 27.7 Å². The lowest BCUT2D eigenvalue weighted by molar-refractivity contribution is -0.110. The van der Waals surface area contributed by atoms with E-state index in [1.807, 2.05) is 60.7 Å². The minimum absolute atomic E-state index is 0.00212. The summed E-state index contributed by atoms with van der Waals surface area (Å²) in [5.41, 5.74) is 17.1. The number of carbonyl (C=O) groups excluding carboxylic acids is 1. The van der Waals surface area contributed by atoms with Crippen LogP contribution in [0.3, 0.4) is 0 Å². The fourth-order valence-electron chi connectivity index (χ4n) is 2.42. The molecule has 0 spiro atoms. The Bertz CT molecular complexity index is 758. The topological polar surface area (TPSA) is 69.1 Å². The zero-order valence-corrected chi connectivity index (χ0v) is 17.4. The van der Waals surface area contributed by atoms with E-state index in [-0.39, 0.29) is 5.78 Å². The molecule has 0 amide bonds. The Hall–Kier alpha value is -3.07. The summed E-state index contributed by atoms with van der Waals surface area (Å²) >= 11 is 0. The lowest BCUT2D eigenvalue weighted by atomic mass is 9.91. The number of rotatable bonds is 2. The summed E-state index contributed by atoms with van der Waals surface area (Å²) in [6, 6.07) is 15.4. The number of carbonyl (C=O) groups is 1. The second-order valence-corrected chi connectivity index (χ2v) is 6.56. The van der Waals surface area contributed by atoms with Crippen molar-refractivity contribution in [3.8, 4) is 0 Å². The highest BCUT2D eigenvalue weighted by molar-refractivity contribution is 6.03. The maximum absolute atomic E-state index is 11.4. The van der Waals surface area contributed by atoms with Crippen molar-refractivity contribution in [1.29, 1.82) is 0 Å². The fourth-order valence-corrected chi connectivity index (χ4v) is 2.42. The molecule has 148 valence electrons. The van der Waals surface area contributed by atoms with Crippen LogP contribution in [0.5, 0.6) is 0 Å². The van der Waals surface area contributed by atoms with Crippen LogP contribution in [0.2, 0.25) is 0 Å². The third-order valence-electron chi connectivity index (χ3n) is 3.54. The predicted octanol–water partition coefficient (Wildman–Crippen LogP) is 6.18. The Morgan fingerprint density at radius 3 is 1.29 bits per heavy atom. The highest BCUT2D eigenvalue weighted by Gasteiger charge is 2.11. The second kappa shape index (κ2) is 12.3. The zero-order valence-electron chi connectivity index (χ0n) is 17.4. The van der Waals surface area contributed by atoms with Gasteiger partial charge in [-0.15, -0.1) is 0 Å². The molecule has 0 aliphatic heterocycles. The van der Waals surface area contributed by atoms with Gasteiger partial charge in [-0.1, -0.05) is 77.0 Å². The lowest BCUT2D eigenvalue weighted by Crippen LogP contribution is -1.98. The van der Waals surface area contributed by atoms with E-state index in [1.165, 1.54) is 12.8 Å². The molecule has 0 heterocycles. The van der Waals surface area contributed by atoms with Crippen LogP contribution >= 0.6 is 0 Å². The molecule has 0 saturated heterocycles. The quantitative estimate of drug-likeness (QED) is 0.615. The van der Waals surface area contributed by atoms with Crippen molar-refractivity contribution in [1.82, 2.24) is 0 Å². The molecule has 3 rings (SSSR count). The zero-order chi connectivity index (χ0) is 20.9. The molecule has 3 nitrogen and oxygen atoms in total. The summed E-state index contributed by atoms with van der Waals surface area (Å²) in [6.45, 7) is 8.50. The van der Waals surface area contributed by atoms with Crippen LogP contribution < -0.4 is 11.5 Å². The molecular formula is C25H32N2O. The number of ketones is 1. The van der Waals surface area contributed by atoms with E-state index < -0.39 is 0 Å². The lowest BCUT2D eigenvalue weighted by Gasteiger charge is -2.14. The Balaban J connectivity index is 0.000000582. The van der Waals surface area contributed by atoms with Crippen molar-refractivity contribution >= 4 is 22.7 Å². The van der Waals surface area contributed by atoms with E-state index in [4.69, 9.17) is 11.5 Å². The van der Waals surface area contributed by atoms with Gasteiger partial charge in [-0.25, -0.2) is 0 Å². The van der Waals surface area contributed by atoms with Crippen molar-refractivity contribution in [3.63, 3.8) is 0 Å². The SMILES string of the molecule is CCC.CCC.Nc1ccc(C(=C2C=CC(=O)C=C2)c2ccc(N)cc2)cc1. The molecule has 0 unspecified atom stereocenters. The average molecular weight is 377 g/mol. The summed E-state index contributed by atoms with van der Waals surface area (Å²) in [4.78, 5) is 11.4. The number of benzene rings is 2. The summed E-state index contributed by atoms with van der Waals surface area (Å²) in [5, 5.41) is 0. The van der Waals surface area contributed by atoms with Crippen LogP contribution in [0.25, 0.3) is 5.57 Å². The Labute approximate surface area is 169 Å². The maximum Gasteiger partial charge on any atom is 0.178 e. The number of allylic oxidation sites excluding steroid dienone is 5. The first-order valence-electron chi connectivity index (χ1n) is 9.82. The van der Waals surface area contributed by atoms with Crippen molar-refractivity contribution in [2.24, 2.45) is 0 Å². The summed E-state index contributed by atoms with van der Waals surface area (Å²) in [7, 11) is 0. The van der Waals surface area contributed by atoms with Crippen LogP contribution in [0.15, 0.2) is 78.4 Å². The van der Waals surface area contributed by atoms with Gasteiger partial charge in [0.15, 0.2) is 5.78 Å². The van der Waals surface area contributed by atoms with E-state index in [0.29, 0.717) is 0 Å². The molecule has 28 heavy (non-hydrogen) atoms. The number of anilines is 2. The Morgan fingerprint density at radius 2 is 0.964 bits per heavy atom. The molecule has 2 aromatic rings. The minimum Gasteiger partial charge on any atom is -0.399 e. The van der Waals surface area contributed by atoms with E-state index in [0.717, 1.165) is 33.6 Å². The summed E-state index contributed by atoms with van der Waals surface area (Å²) in [5.74, 6) is -0.00212. The van der Waals surface area contributed by atoms with Crippen LogP contribution in [0.1, 0.15) is 51.7 Å². The molecule has 0 atom stereocenters. The van der Waals surface area contributed by atoms with Crippen LogP contribution in [-0.2, 0) is 4.79 Å². The molecule has 3 heteroatoms. The molecule has 0 radical (unpaired) electrons. The highest BCUT2D eigenvalue weighted by Crippen LogP contribution is 2.30. The molecule has 0 saturated carbocycles. The number of nitrogens with two attached hydrogens (primary N) is 2. The molecule has 1 aliphatic rings. The van der Waals surface area contributed by atoms with Gasteiger partial charge >= 0.3 is 0 Å². The van der Waals surface area contributed by atoms with E-state index in [9.17, 15) is 4.79 Å². The van der Waals surface area contributed by atoms with Crippen LogP contribution in [0.4, 0.5) is 11.4 Å². The third-order valence-corrected chi connectivity index (χ3v) is 3.54. The number of hydrogen-bond donors (Lipinski definition) is 2. The fraction of sp³-hybridized carbons (Fsp3) is 0.240. The third kappa shape index (κ3) is 7.28. The molecule has 0 bridgehead atoms. The maximum atomic E-state index is 11.4. The molecular weight excluding hydrogens is 344 g/mol. The van der Waals surface area contributed by atoms with E-state index in [1.54, 1.807) is 12.2 Å². The molecule has 0 aromatic heterocycles. The van der Waals surface area contributed by atoms with Crippen molar-refractivity contribution in [2.45, 2.75) is 40.5 Å².